The van der Waals surface area contributed by atoms with Gasteiger partial charge in [0, 0.05) is 43.8 Å². The molecule has 32 heavy (non-hydrogen) atoms. The van der Waals surface area contributed by atoms with Gasteiger partial charge in [0.15, 0.2) is 0 Å². The smallest absolute Gasteiger partial charge is 0.309 e. The van der Waals surface area contributed by atoms with E-state index in [-0.39, 0.29) is 18.5 Å². The standard InChI is InChI=1S/C25H32N4O2S/c1-20(19-32-2)27-15-11-25(12-16-27)23(30)28(18-22-9-6-13-26-17-22)24(31)29(25)14-10-21-7-4-3-5-8-21/h3-9,13,17,20H,10-12,14-16,18-19H2,1-2H3/t20-/m0/s1. The first-order valence-electron chi connectivity index (χ1n) is 11.3. The van der Waals surface area contributed by atoms with Crippen LogP contribution in [0, 0.1) is 0 Å². The van der Waals surface area contributed by atoms with Crippen molar-refractivity contribution in [2.75, 3.05) is 31.6 Å². The zero-order valence-corrected chi connectivity index (χ0v) is 19.8. The maximum absolute atomic E-state index is 13.7. The Balaban J connectivity index is 1.56. The predicted molar refractivity (Wildman–Crippen MR) is 128 cm³/mol. The van der Waals surface area contributed by atoms with E-state index >= 15 is 0 Å². The second-order valence-electron chi connectivity index (χ2n) is 8.79. The Kier molecular flexibility index (Phi) is 7.16. The van der Waals surface area contributed by atoms with Crippen LogP contribution in [0.1, 0.15) is 30.9 Å². The molecule has 4 rings (SSSR count). The SMILES string of the molecule is CSC[C@H](C)N1CCC2(CC1)C(=O)N(Cc1cccnc1)C(=O)N2CCc1ccccc1. The molecular formula is C25H32N4O2S. The average molecular weight is 453 g/mol. The van der Waals surface area contributed by atoms with Crippen LogP contribution in [0.2, 0.25) is 0 Å². The summed E-state index contributed by atoms with van der Waals surface area (Å²) in [6.07, 6.45) is 7.68. The summed E-state index contributed by atoms with van der Waals surface area (Å²) in [7, 11) is 0. The quantitative estimate of drug-likeness (QED) is 0.572. The minimum absolute atomic E-state index is 0.0448. The molecule has 0 saturated carbocycles. The van der Waals surface area contributed by atoms with Crippen molar-refractivity contribution in [3.8, 4) is 0 Å². The molecule has 2 aliphatic rings. The number of amides is 3. The average Bonchev–Trinajstić information content (AvgIpc) is 3.01. The summed E-state index contributed by atoms with van der Waals surface area (Å²) in [4.78, 5) is 37.2. The third kappa shape index (κ3) is 4.55. The monoisotopic (exact) mass is 452 g/mol. The van der Waals surface area contributed by atoms with Crippen LogP contribution in [0.5, 0.6) is 0 Å². The third-order valence-corrected chi connectivity index (χ3v) is 7.62. The molecule has 7 heteroatoms. The summed E-state index contributed by atoms with van der Waals surface area (Å²) < 4.78 is 0. The Morgan fingerprint density at radius 1 is 1.06 bits per heavy atom. The number of carbonyl (C=O) groups is 2. The highest BCUT2D eigenvalue weighted by atomic mass is 32.2. The van der Waals surface area contributed by atoms with E-state index in [1.54, 1.807) is 12.4 Å². The number of rotatable bonds is 8. The summed E-state index contributed by atoms with van der Waals surface area (Å²) in [5.74, 6) is 1.03. The van der Waals surface area contributed by atoms with Gasteiger partial charge in [-0.05, 0) is 49.6 Å². The molecule has 3 amide bonds. The Bertz CT molecular complexity index is 916. The molecule has 1 aromatic carbocycles. The Hall–Kier alpha value is -2.38. The van der Waals surface area contributed by atoms with Crippen LogP contribution in [0.15, 0.2) is 54.9 Å². The van der Waals surface area contributed by atoms with Crippen LogP contribution < -0.4 is 0 Å². The molecular weight excluding hydrogens is 420 g/mol. The molecule has 6 nitrogen and oxygen atoms in total. The number of likely N-dealkylation sites (tertiary alicyclic amines) is 1. The van der Waals surface area contributed by atoms with Crippen LogP contribution in [0.3, 0.4) is 0 Å². The number of pyridine rings is 1. The first kappa shape index (κ1) is 22.8. The van der Waals surface area contributed by atoms with Crippen molar-refractivity contribution in [2.45, 2.75) is 44.3 Å². The van der Waals surface area contributed by atoms with Gasteiger partial charge < -0.3 is 4.90 Å². The highest BCUT2D eigenvalue weighted by Crippen LogP contribution is 2.38. The van der Waals surface area contributed by atoms with E-state index in [0.717, 1.165) is 30.8 Å². The number of hydrogen-bond donors (Lipinski definition) is 0. The number of thioether (sulfide) groups is 1. The fourth-order valence-corrected chi connectivity index (χ4v) is 5.65. The fraction of sp³-hybridized carbons (Fsp3) is 0.480. The van der Waals surface area contributed by atoms with E-state index in [1.807, 2.05) is 47.0 Å². The molecule has 0 N–H and O–H groups in total. The van der Waals surface area contributed by atoms with Crippen molar-refractivity contribution in [2.24, 2.45) is 0 Å². The van der Waals surface area contributed by atoms with Crippen LogP contribution in [-0.4, -0.2) is 74.8 Å². The predicted octanol–water partition coefficient (Wildman–Crippen LogP) is 3.67. The van der Waals surface area contributed by atoms with Crippen molar-refractivity contribution in [1.29, 1.82) is 0 Å². The number of imide groups is 1. The Morgan fingerprint density at radius 2 is 1.78 bits per heavy atom. The number of piperidine rings is 1. The van der Waals surface area contributed by atoms with Crippen LogP contribution in [0.4, 0.5) is 4.79 Å². The van der Waals surface area contributed by atoms with Crippen molar-refractivity contribution >= 4 is 23.7 Å². The van der Waals surface area contributed by atoms with E-state index in [2.05, 4.69) is 35.2 Å². The zero-order chi connectivity index (χ0) is 22.6. The maximum atomic E-state index is 13.7. The van der Waals surface area contributed by atoms with Gasteiger partial charge in [-0.2, -0.15) is 11.8 Å². The molecule has 0 radical (unpaired) electrons. The van der Waals surface area contributed by atoms with Crippen LogP contribution >= 0.6 is 11.8 Å². The second kappa shape index (κ2) is 10.0. The lowest BCUT2D eigenvalue weighted by Gasteiger charge is -2.44. The minimum atomic E-state index is -0.732. The second-order valence-corrected chi connectivity index (χ2v) is 9.70. The lowest BCUT2D eigenvalue weighted by atomic mass is 9.85. The van der Waals surface area contributed by atoms with Gasteiger partial charge in [0.1, 0.15) is 5.54 Å². The van der Waals surface area contributed by atoms with E-state index in [1.165, 1.54) is 10.5 Å². The number of nitrogens with zero attached hydrogens (tertiary/aromatic N) is 4. The van der Waals surface area contributed by atoms with Crippen LogP contribution in [-0.2, 0) is 17.8 Å². The highest BCUT2D eigenvalue weighted by molar-refractivity contribution is 7.98. The van der Waals surface area contributed by atoms with Crippen molar-refractivity contribution in [1.82, 2.24) is 19.7 Å². The molecule has 0 aliphatic carbocycles. The first-order valence-corrected chi connectivity index (χ1v) is 12.7. The summed E-state index contributed by atoms with van der Waals surface area (Å²) in [5.41, 5.74) is 1.32. The summed E-state index contributed by atoms with van der Waals surface area (Å²) >= 11 is 1.85. The van der Waals surface area contributed by atoms with Crippen molar-refractivity contribution < 1.29 is 9.59 Å². The zero-order valence-electron chi connectivity index (χ0n) is 18.9. The highest BCUT2D eigenvalue weighted by Gasteiger charge is 2.57. The molecule has 1 aromatic heterocycles. The first-order chi connectivity index (χ1) is 15.5. The number of carbonyl (C=O) groups excluding carboxylic acids is 2. The number of urea groups is 1. The third-order valence-electron chi connectivity index (χ3n) is 6.81. The van der Waals surface area contributed by atoms with Gasteiger partial charge in [0.2, 0.25) is 0 Å². The number of benzene rings is 1. The molecule has 2 saturated heterocycles. The Morgan fingerprint density at radius 3 is 2.44 bits per heavy atom. The van der Waals surface area contributed by atoms with E-state index in [9.17, 15) is 9.59 Å². The number of hydrogen-bond acceptors (Lipinski definition) is 5. The van der Waals surface area contributed by atoms with Gasteiger partial charge in [-0.25, -0.2) is 4.79 Å². The topological polar surface area (TPSA) is 56.8 Å². The molecule has 170 valence electrons. The maximum Gasteiger partial charge on any atom is 0.328 e. The lowest BCUT2D eigenvalue weighted by Crippen LogP contribution is -2.58. The van der Waals surface area contributed by atoms with Gasteiger partial charge in [-0.15, -0.1) is 0 Å². The van der Waals surface area contributed by atoms with Crippen molar-refractivity contribution in [3.63, 3.8) is 0 Å². The fourth-order valence-electron chi connectivity index (χ4n) is 4.96. The van der Waals surface area contributed by atoms with Crippen LogP contribution in [0.25, 0.3) is 0 Å². The molecule has 2 aliphatic heterocycles. The largest absolute Gasteiger partial charge is 0.328 e. The molecule has 3 heterocycles. The molecule has 0 unspecified atom stereocenters. The summed E-state index contributed by atoms with van der Waals surface area (Å²) in [5, 5.41) is 0. The molecule has 1 atom stereocenters. The van der Waals surface area contributed by atoms with Gasteiger partial charge in [0.25, 0.3) is 5.91 Å². The summed E-state index contributed by atoms with van der Waals surface area (Å²) in [6, 6.07) is 14.2. The van der Waals surface area contributed by atoms with Gasteiger partial charge >= 0.3 is 6.03 Å². The molecule has 1 spiro atoms. The van der Waals surface area contributed by atoms with Gasteiger partial charge in [-0.1, -0.05) is 36.4 Å². The Labute approximate surface area is 195 Å². The normalized spacial score (nSPS) is 19.7. The van der Waals surface area contributed by atoms with Gasteiger partial charge in [-0.3, -0.25) is 19.6 Å². The van der Waals surface area contributed by atoms with E-state index < -0.39 is 5.54 Å². The van der Waals surface area contributed by atoms with Crippen molar-refractivity contribution in [3.05, 3.63) is 66.0 Å². The van der Waals surface area contributed by atoms with E-state index in [0.29, 0.717) is 25.4 Å². The molecule has 2 aromatic rings. The molecule has 0 bridgehead atoms. The molecule has 2 fully saturated rings. The number of aromatic nitrogens is 1. The van der Waals surface area contributed by atoms with E-state index in [4.69, 9.17) is 0 Å². The lowest BCUT2D eigenvalue weighted by molar-refractivity contribution is -0.136. The minimum Gasteiger partial charge on any atom is -0.309 e. The van der Waals surface area contributed by atoms with Gasteiger partial charge in [0.05, 0.1) is 6.54 Å². The summed E-state index contributed by atoms with van der Waals surface area (Å²) in [6.45, 7) is 4.75.